The lowest BCUT2D eigenvalue weighted by Gasteiger charge is -2.29. The zero-order chi connectivity index (χ0) is 14.5. The second-order valence-corrected chi connectivity index (χ2v) is 9.44. The summed E-state index contributed by atoms with van der Waals surface area (Å²) in [5, 5.41) is 0. The molecular weight excluding hydrogens is 324 g/mol. The Hall–Kier alpha value is 0.110. The second kappa shape index (κ2) is 8.53. The van der Waals surface area contributed by atoms with Gasteiger partial charge in [-0.2, -0.15) is 0 Å². The molecule has 0 heterocycles. The van der Waals surface area contributed by atoms with E-state index in [1.165, 1.54) is 6.42 Å². The van der Waals surface area contributed by atoms with E-state index in [1.54, 1.807) is 0 Å². The van der Waals surface area contributed by atoms with E-state index in [-0.39, 0.29) is 36.7 Å². The Morgan fingerprint density at radius 3 is 2.10 bits per heavy atom. The maximum Gasteiger partial charge on any atom is 0.212 e. The van der Waals surface area contributed by atoms with E-state index in [4.69, 9.17) is 5.73 Å². The van der Waals surface area contributed by atoms with E-state index in [9.17, 15) is 16.8 Å². The average Bonchev–Trinajstić information content (AvgIpc) is 2.34. The van der Waals surface area contributed by atoms with E-state index in [0.717, 1.165) is 31.9 Å². The molecule has 0 radical (unpaired) electrons. The van der Waals surface area contributed by atoms with Gasteiger partial charge in [-0.05, 0) is 18.8 Å². The lowest BCUT2D eigenvalue weighted by molar-refractivity contribution is 0.294. The van der Waals surface area contributed by atoms with Gasteiger partial charge in [0.15, 0.2) is 0 Å². The van der Waals surface area contributed by atoms with Crippen molar-refractivity contribution in [3.8, 4) is 0 Å². The molecule has 1 aliphatic carbocycles. The van der Waals surface area contributed by atoms with Crippen LogP contribution >= 0.6 is 12.4 Å². The number of nitrogens with two attached hydrogens (primary N) is 1. The molecule has 0 amide bonds. The fourth-order valence-electron chi connectivity index (χ4n) is 2.42. The molecule has 6 nitrogen and oxygen atoms in total. The SMILES string of the molecule is CS(=O)(=O)CCS(=O)(=O)NC(CN)C1CCCCC1.Cl. The topological polar surface area (TPSA) is 106 Å². The van der Waals surface area contributed by atoms with Crippen LogP contribution in [0.25, 0.3) is 0 Å². The van der Waals surface area contributed by atoms with Gasteiger partial charge in [0, 0.05) is 18.8 Å². The van der Waals surface area contributed by atoms with E-state index in [0.29, 0.717) is 0 Å². The molecule has 20 heavy (non-hydrogen) atoms. The molecule has 0 aromatic heterocycles. The van der Waals surface area contributed by atoms with Gasteiger partial charge in [0.2, 0.25) is 10.0 Å². The number of hydrogen-bond donors (Lipinski definition) is 2. The molecule has 122 valence electrons. The Balaban J connectivity index is 0.00000361. The molecule has 0 aliphatic heterocycles. The van der Waals surface area contributed by atoms with Gasteiger partial charge >= 0.3 is 0 Å². The minimum Gasteiger partial charge on any atom is -0.329 e. The minimum absolute atomic E-state index is 0. The lowest BCUT2D eigenvalue weighted by atomic mass is 9.84. The molecule has 1 rings (SSSR count). The van der Waals surface area contributed by atoms with E-state index >= 15 is 0 Å². The Morgan fingerprint density at radius 2 is 1.65 bits per heavy atom. The monoisotopic (exact) mass is 348 g/mol. The number of rotatable bonds is 7. The zero-order valence-electron chi connectivity index (χ0n) is 11.7. The van der Waals surface area contributed by atoms with Crippen LogP contribution in [-0.2, 0) is 19.9 Å². The third-order valence-corrected chi connectivity index (χ3v) is 6.13. The molecule has 1 saturated carbocycles. The standard InChI is InChI=1S/C11H24N2O4S2.ClH/c1-18(14,15)7-8-19(16,17)13-11(9-12)10-5-3-2-4-6-10;/h10-11,13H,2-9,12H2,1H3;1H. The van der Waals surface area contributed by atoms with E-state index < -0.39 is 25.6 Å². The van der Waals surface area contributed by atoms with Crippen molar-refractivity contribution in [1.29, 1.82) is 0 Å². The molecule has 0 aromatic carbocycles. The zero-order valence-corrected chi connectivity index (χ0v) is 14.2. The third-order valence-electron chi connectivity index (χ3n) is 3.53. The predicted octanol–water partition coefficient (Wildman–Crippen LogP) is 0.280. The summed E-state index contributed by atoms with van der Waals surface area (Å²) in [7, 11) is -6.86. The van der Waals surface area contributed by atoms with Crippen molar-refractivity contribution in [3.63, 3.8) is 0 Å². The Labute approximate surface area is 128 Å². The van der Waals surface area contributed by atoms with Gasteiger partial charge in [-0.15, -0.1) is 12.4 Å². The van der Waals surface area contributed by atoms with E-state index in [1.807, 2.05) is 0 Å². The highest BCUT2D eigenvalue weighted by Gasteiger charge is 2.26. The Kier molecular flexibility index (Phi) is 8.57. The first-order valence-corrected chi connectivity index (χ1v) is 10.3. The number of halogens is 1. The molecular formula is C11H25ClN2O4S2. The molecule has 1 unspecified atom stereocenters. The van der Waals surface area contributed by atoms with Gasteiger partial charge in [0.1, 0.15) is 9.84 Å². The van der Waals surface area contributed by atoms with Crippen LogP contribution in [0.15, 0.2) is 0 Å². The summed E-state index contributed by atoms with van der Waals surface area (Å²) in [6, 6.07) is -0.273. The maximum atomic E-state index is 11.9. The first-order chi connectivity index (χ1) is 8.73. The van der Waals surface area contributed by atoms with Crippen LogP contribution < -0.4 is 10.5 Å². The van der Waals surface area contributed by atoms with Crippen molar-refractivity contribution < 1.29 is 16.8 Å². The molecule has 3 N–H and O–H groups in total. The second-order valence-electron chi connectivity index (χ2n) is 5.31. The first kappa shape index (κ1) is 20.1. The van der Waals surface area contributed by atoms with Crippen molar-refractivity contribution in [2.24, 2.45) is 11.7 Å². The van der Waals surface area contributed by atoms with E-state index in [2.05, 4.69) is 4.72 Å². The fraction of sp³-hybridized carbons (Fsp3) is 1.00. The fourth-order valence-corrected chi connectivity index (χ4v) is 5.38. The Morgan fingerprint density at radius 1 is 1.10 bits per heavy atom. The van der Waals surface area contributed by atoms with Crippen molar-refractivity contribution in [2.45, 2.75) is 38.1 Å². The number of sulfone groups is 1. The van der Waals surface area contributed by atoms with Crippen molar-refractivity contribution in [2.75, 3.05) is 24.3 Å². The van der Waals surface area contributed by atoms with Crippen LogP contribution in [0.3, 0.4) is 0 Å². The number of nitrogens with one attached hydrogen (secondary N) is 1. The Bertz CT molecular complexity index is 473. The van der Waals surface area contributed by atoms with Crippen LogP contribution in [-0.4, -0.2) is 47.2 Å². The lowest BCUT2D eigenvalue weighted by Crippen LogP contribution is -2.47. The summed E-state index contributed by atoms with van der Waals surface area (Å²) in [5.41, 5.74) is 5.65. The molecule has 1 fully saturated rings. The summed E-state index contributed by atoms with van der Waals surface area (Å²) >= 11 is 0. The van der Waals surface area contributed by atoms with Crippen LogP contribution in [0.2, 0.25) is 0 Å². The highest BCUT2D eigenvalue weighted by Crippen LogP contribution is 2.26. The van der Waals surface area contributed by atoms with Gasteiger partial charge in [0.25, 0.3) is 0 Å². The van der Waals surface area contributed by atoms with Crippen molar-refractivity contribution in [1.82, 2.24) is 4.72 Å². The summed E-state index contributed by atoms with van der Waals surface area (Å²) in [6.45, 7) is 0.253. The summed E-state index contributed by atoms with van der Waals surface area (Å²) < 4.78 is 48.3. The average molecular weight is 349 g/mol. The molecule has 9 heteroatoms. The molecule has 0 spiro atoms. The maximum absolute atomic E-state index is 11.9. The molecule has 0 aromatic rings. The summed E-state index contributed by atoms with van der Waals surface area (Å²) in [4.78, 5) is 0. The predicted molar refractivity (Wildman–Crippen MR) is 83.3 cm³/mol. The minimum atomic E-state index is -3.58. The quantitative estimate of drug-likeness (QED) is 0.687. The van der Waals surface area contributed by atoms with Gasteiger partial charge in [-0.25, -0.2) is 21.6 Å². The van der Waals surface area contributed by atoms with Crippen LogP contribution in [0.4, 0.5) is 0 Å². The van der Waals surface area contributed by atoms with Gasteiger partial charge < -0.3 is 5.73 Å². The largest absolute Gasteiger partial charge is 0.329 e. The molecule has 0 saturated heterocycles. The van der Waals surface area contributed by atoms with Crippen molar-refractivity contribution in [3.05, 3.63) is 0 Å². The smallest absolute Gasteiger partial charge is 0.212 e. The van der Waals surface area contributed by atoms with Gasteiger partial charge in [0.05, 0.1) is 11.5 Å². The number of hydrogen-bond acceptors (Lipinski definition) is 5. The van der Waals surface area contributed by atoms with Gasteiger partial charge in [-0.3, -0.25) is 0 Å². The molecule has 0 bridgehead atoms. The van der Waals surface area contributed by atoms with Crippen LogP contribution in [0, 0.1) is 5.92 Å². The first-order valence-electron chi connectivity index (χ1n) is 6.61. The van der Waals surface area contributed by atoms with Gasteiger partial charge in [-0.1, -0.05) is 19.3 Å². The summed E-state index contributed by atoms with van der Waals surface area (Å²) in [6.07, 6.45) is 6.39. The van der Waals surface area contributed by atoms with Crippen LogP contribution in [0.5, 0.6) is 0 Å². The third kappa shape index (κ3) is 7.78. The molecule has 1 atom stereocenters. The highest BCUT2D eigenvalue weighted by atomic mass is 35.5. The summed E-state index contributed by atoms with van der Waals surface area (Å²) in [5.74, 6) is -0.481. The highest BCUT2D eigenvalue weighted by molar-refractivity contribution is 7.93. The number of sulfonamides is 1. The molecule has 1 aliphatic rings. The van der Waals surface area contributed by atoms with Crippen LogP contribution in [0.1, 0.15) is 32.1 Å². The van der Waals surface area contributed by atoms with Crippen molar-refractivity contribution >= 4 is 32.3 Å². The normalized spacial score (nSPS) is 19.3.